The van der Waals surface area contributed by atoms with Gasteiger partial charge >= 0.3 is 0 Å². The number of aromatic nitrogens is 1. The summed E-state index contributed by atoms with van der Waals surface area (Å²) < 4.78 is 16.2. The Balaban J connectivity index is 1.49. The van der Waals surface area contributed by atoms with E-state index in [9.17, 15) is 14.9 Å². The highest BCUT2D eigenvalue weighted by Crippen LogP contribution is 2.30. The van der Waals surface area contributed by atoms with Crippen molar-refractivity contribution in [1.82, 2.24) is 4.98 Å². The zero-order valence-corrected chi connectivity index (χ0v) is 20.6. The smallest absolute Gasteiger partial charge is 0.262 e. The minimum atomic E-state index is -0.369. The van der Waals surface area contributed by atoms with Crippen molar-refractivity contribution in [3.63, 3.8) is 0 Å². The largest absolute Gasteiger partial charge is 0.497 e. The van der Waals surface area contributed by atoms with E-state index in [2.05, 4.69) is 10.3 Å². The van der Waals surface area contributed by atoms with E-state index in [1.165, 1.54) is 13.2 Å². The number of Topliss-reactive ketones (excluding diaryl/α,β-unsaturated/α-hetero) is 1. The maximum Gasteiger partial charge on any atom is 0.262 e. The Hall–Kier alpha value is -5.03. The number of amides is 1. The van der Waals surface area contributed by atoms with Crippen LogP contribution in [0.5, 0.6) is 17.2 Å². The molecule has 0 aliphatic heterocycles. The van der Waals surface area contributed by atoms with Crippen LogP contribution in [0.15, 0.2) is 72.3 Å². The standard InChI is InChI=1S/C29H25N3O5/c1-18-28(23-6-4-5-7-24(23)31-18)29(34)20(16-30)14-19-8-13-25(26(15-19)36-3)37-17-27(33)32-21-9-11-22(35-2)12-10-21/h4-15,31H,17H2,1-3H3,(H,32,33)/b20-14+. The summed E-state index contributed by atoms with van der Waals surface area (Å²) >= 11 is 0. The number of rotatable bonds is 9. The zero-order chi connectivity index (χ0) is 26.4. The predicted molar refractivity (Wildman–Crippen MR) is 141 cm³/mol. The summed E-state index contributed by atoms with van der Waals surface area (Å²) in [4.78, 5) is 28.7. The third-order valence-electron chi connectivity index (χ3n) is 5.72. The number of aryl methyl sites for hydroxylation is 1. The van der Waals surface area contributed by atoms with E-state index in [0.717, 1.165) is 10.9 Å². The number of anilines is 1. The van der Waals surface area contributed by atoms with Crippen LogP contribution in [0.4, 0.5) is 5.69 Å². The van der Waals surface area contributed by atoms with E-state index in [1.54, 1.807) is 49.6 Å². The maximum absolute atomic E-state index is 13.2. The van der Waals surface area contributed by atoms with Crippen molar-refractivity contribution < 1.29 is 23.8 Å². The van der Waals surface area contributed by atoms with Crippen LogP contribution < -0.4 is 19.5 Å². The lowest BCUT2D eigenvalue weighted by Gasteiger charge is -2.12. The molecular weight excluding hydrogens is 470 g/mol. The van der Waals surface area contributed by atoms with Gasteiger partial charge in [-0.25, -0.2) is 0 Å². The number of nitrogens with zero attached hydrogens (tertiary/aromatic N) is 1. The monoisotopic (exact) mass is 495 g/mol. The highest BCUT2D eigenvalue weighted by Gasteiger charge is 2.20. The fourth-order valence-corrected chi connectivity index (χ4v) is 3.93. The fourth-order valence-electron chi connectivity index (χ4n) is 3.93. The first-order valence-electron chi connectivity index (χ1n) is 11.4. The molecule has 186 valence electrons. The summed E-state index contributed by atoms with van der Waals surface area (Å²) in [7, 11) is 3.04. The molecular formula is C29H25N3O5. The third-order valence-corrected chi connectivity index (χ3v) is 5.72. The number of para-hydroxylation sites is 1. The first-order chi connectivity index (χ1) is 17.9. The Kier molecular flexibility index (Phi) is 7.55. The minimum absolute atomic E-state index is 0.0116. The van der Waals surface area contributed by atoms with Crippen LogP contribution in [0.3, 0.4) is 0 Å². The molecule has 0 aliphatic rings. The number of methoxy groups -OCH3 is 2. The highest BCUT2D eigenvalue weighted by atomic mass is 16.5. The van der Waals surface area contributed by atoms with Gasteiger partial charge < -0.3 is 24.5 Å². The molecule has 0 saturated heterocycles. The fraction of sp³-hybridized carbons (Fsp3) is 0.138. The van der Waals surface area contributed by atoms with Crippen LogP contribution in [0.2, 0.25) is 0 Å². The summed E-state index contributed by atoms with van der Waals surface area (Å²) in [6, 6.07) is 21.4. The molecule has 0 bridgehead atoms. The van der Waals surface area contributed by atoms with Crippen molar-refractivity contribution in [3.8, 4) is 23.3 Å². The zero-order valence-electron chi connectivity index (χ0n) is 20.6. The summed E-state index contributed by atoms with van der Waals surface area (Å²) in [5, 5.41) is 13.2. The van der Waals surface area contributed by atoms with Crippen molar-refractivity contribution in [1.29, 1.82) is 5.26 Å². The highest BCUT2D eigenvalue weighted by molar-refractivity contribution is 6.20. The van der Waals surface area contributed by atoms with E-state index < -0.39 is 0 Å². The number of nitrogens with one attached hydrogen (secondary N) is 2. The van der Waals surface area contributed by atoms with Gasteiger partial charge in [0.1, 0.15) is 17.4 Å². The summed E-state index contributed by atoms with van der Waals surface area (Å²) in [5.74, 6) is 0.682. The van der Waals surface area contributed by atoms with Crippen LogP contribution in [0, 0.1) is 18.3 Å². The lowest BCUT2D eigenvalue weighted by Crippen LogP contribution is -2.20. The van der Waals surface area contributed by atoms with Crippen molar-refractivity contribution in [2.45, 2.75) is 6.92 Å². The van der Waals surface area contributed by atoms with E-state index in [0.29, 0.717) is 39.8 Å². The van der Waals surface area contributed by atoms with Gasteiger partial charge in [-0.3, -0.25) is 9.59 Å². The molecule has 0 atom stereocenters. The van der Waals surface area contributed by atoms with Crippen molar-refractivity contribution in [3.05, 3.63) is 89.1 Å². The van der Waals surface area contributed by atoms with Crippen molar-refractivity contribution >= 4 is 34.4 Å². The molecule has 8 nitrogen and oxygen atoms in total. The van der Waals surface area contributed by atoms with Crippen LogP contribution in [0.25, 0.3) is 17.0 Å². The lowest BCUT2D eigenvalue weighted by molar-refractivity contribution is -0.118. The van der Waals surface area contributed by atoms with Gasteiger partial charge in [0.25, 0.3) is 5.91 Å². The number of hydrogen-bond donors (Lipinski definition) is 2. The van der Waals surface area contributed by atoms with Crippen molar-refractivity contribution in [2.75, 3.05) is 26.1 Å². The molecule has 3 aromatic carbocycles. The quantitative estimate of drug-likeness (QED) is 0.185. The normalized spacial score (nSPS) is 11.0. The number of hydrogen-bond acceptors (Lipinski definition) is 6. The topological polar surface area (TPSA) is 113 Å². The Morgan fingerprint density at radius 2 is 1.76 bits per heavy atom. The van der Waals surface area contributed by atoms with E-state index in [1.807, 2.05) is 37.3 Å². The number of benzene rings is 3. The average molecular weight is 496 g/mol. The van der Waals surface area contributed by atoms with E-state index in [4.69, 9.17) is 14.2 Å². The second-order valence-electron chi connectivity index (χ2n) is 8.15. The van der Waals surface area contributed by atoms with Gasteiger partial charge in [-0.15, -0.1) is 0 Å². The van der Waals surface area contributed by atoms with Gasteiger partial charge in [-0.05, 0) is 61.0 Å². The second-order valence-corrected chi connectivity index (χ2v) is 8.15. The Labute approximate surface area is 214 Å². The molecule has 37 heavy (non-hydrogen) atoms. The molecule has 0 fully saturated rings. The molecule has 4 aromatic rings. The Morgan fingerprint density at radius 3 is 2.46 bits per heavy atom. The maximum atomic E-state index is 13.2. The number of nitriles is 1. The summed E-state index contributed by atoms with van der Waals surface area (Å²) in [6.07, 6.45) is 1.51. The number of H-pyrrole nitrogens is 1. The Morgan fingerprint density at radius 1 is 1.00 bits per heavy atom. The van der Waals surface area contributed by atoms with Crippen LogP contribution in [0.1, 0.15) is 21.6 Å². The molecule has 0 aliphatic carbocycles. The molecule has 1 aromatic heterocycles. The number of aromatic amines is 1. The number of allylic oxidation sites excluding steroid dienone is 1. The van der Waals surface area contributed by atoms with Crippen molar-refractivity contribution in [2.24, 2.45) is 0 Å². The molecule has 0 saturated carbocycles. The van der Waals surface area contributed by atoms with E-state index in [-0.39, 0.29) is 23.9 Å². The average Bonchev–Trinajstić information content (AvgIpc) is 3.26. The summed E-state index contributed by atoms with van der Waals surface area (Å²) in [6.45, 7) is 1.57. The van der Waals surface area contributed by atoms with Crippen LogP contribution in [-0.4, -0.2) is 37.5 Å². The molecule has 0 spiro atoms. The number of carbonyl (C=O) groups is 2. The van der Waals surface area contributed by atoms with Gasteiger partial charge in [-0.1, -0.05) is 24.3 Å². The summed E-state index contributed by atoms with van der Waals surface area (Å²) in [5.41, 5.74) is 3.18. The number of fused-ring (bicyclic) bond motifs is 1. The van der Waals surface area contributed by atoms with Crippen LogP contribution >= 0.6 is 0 Å². The third kappa shape index (κ3) is 5.63. The SMILES string of the molecule is COc1ccc(NC(=O)COc2ccc(/C=C(\C#N)C(=O)c3c(C)[nH]c4ccccc34)cc2OC)cc1. The molecule has 1 heterocycles. The number of carbonyl (C=O) groups excluding carboxylic acids is 2. The molecule has 0 radical (unpaired) electrons. The van der Waals surface area contributed by atoms with Gasteiger partial charge in [-0.2, -0.15) is 5.26 Å². The number of ether oxygens (including phenoxy) is 3. The second kappa shape index (κ2) is 11.1. The van der Waals surface area contributed by atoms with Gasteiger partial charge in [0.2, 0.25) is 5.78 Å². The first-order valence-corrected chi connectivity index (χ1v) is 11.4. The molecule has 8 heteroatoms. The minimum Gasteiger partial charge on any atom is -0.497 e. The van der Waals surface area contributed by atoms with Gasteiger partial charge in [0.05, 0.1) is 19.8 Å². The van der Waals surface area contributed by atoms with Gasteiger partial charge in [0, 0.05) is 22.3 Å². The lowest BCUT2D eigenvalue weighted by atomic mass is 9.99. The van der Waals surface area contributed by atoms with Crippen LogP contribution in [-0.2, 0) is 4.79 Å². The molecule has 0 unspecified atom stereocenters. The molecule has 4 rings (SSSR count). The van der Waals surface area contributed by atoms with E-state index >= 15 is 0 Å². The number of ketones is 1. The molecule has 2 N–H and O–H groups in total. The molecule has 1 amide bonds. The predicted octanol–water partition coefficient (Wildman–Crippen LogP) is 5.30. The first kappa shape index (κ1) is 25.1. The van der Waals surface area contributed by atoms with Gasteiger partial charge in [0.15, 0.2) is 18.1 Å². The Bertz CT molecular complexity index is 1530.